The average Bonchev–Trinajstić information content (AvgIpc) is 1.88. The Balaban J connectivity index is 0.000001000. The van der Waals surface area contributed by atoms with E-state index in [1.165, 1.54) is 18.5 Å². The summed E-state index contributed by atoms with van der Waals surface area (Å²) in [5, 5.41) is 0. The average molecular weight is 181 g/mol. The van der Waals surface area contributed by atoms with Crippen molar-refractivity contribution in [1.82, 2.24) is 4.98 Å². The Bertz CT molecular complexity index is 230. The Labute approximate surface area is 86.9 Å². The van der Waals surface area contributed by atoms with Gasteiger partial charge in [-0.2, -0.15) is 0 Å². The van der Waals surface area contributed by atoms with Crippen LogP contribution in [0.5, 0.6) is 5.75 Å². The monoisotopic (exact) mass is 181 g/mol. The van der Waals surface area contributed by atoms with Crippen LogP contribution in [0.3, 0.4) is 0 Å². The van der Waals surface area contributed by atoms with E-state index < -0.39 is 8.25 Å². The Morgan fingerprint density at radius 3 is 2.82 bits per heavy atom. The second-order valence-electron chi connectivity index (χ2n) is 1.54. The van der Waals surface area contributed by atoms with Crippen LogP contribution >= 0.6 is 8.25 Å². The van der Waals surface area contributed by atoms with Gasteiger partial charge in [0.15, 0.2) is 8.25 Å². The van der Waals surface area contributed by atoms with Gasteiger partial charge in [0.25, 0.3) is 0 Å². The minimum atomic E-state index is -3.13. The first-order chi connectivity index (χ1) is 4.79. The fourth-order valence-electron chi connectivity index (χ4n) is 0.504. The van der Waals surface area contributed by atoms with Gasteiger partial charge in [-0.15, -0.1) is 0 Å². The SMILES string of the molecule is O=[PH]([O-])Oc1cccnc1.[Na+]. The van der Waals surface area contributed by atoms with Crippen LogP contribution in [-0.2, 0) is 4.57 Å². The molecule has 6 heteroatoms. The van der Waals surface area contributed by atoms with Gasteiger partial charge in [0, 0.05) is 6.20 Å². The van der Waals surface area contributed by atoms with Gasteiger partial charge in [-0.25, -0.2) is 0 Å². The van der Waals surface area contributed by atoms with Crippen LogP contribution in [0.2, 0.25) is 0 Å². The van der Waals surface area contributed by atoms with Crippen LogP contribution in [0.25, 0.3) is 0 Å². The van der Waals surface area contributed by atoms with E-state index in [9.17, 15) is 9.46 Å². The van der Waals surface area contributed by atoms with Gasteiger partial charge < -0.3 is 9.42 Å². The molecule has 4 nitrogen and oxygen atoms in total. The summed E-state index contributed by atoms with van der Waals surface area (Å²) in [6.07, 6.45) is 2.87. The third-order valence-electron chi connectivity index (χ3n) is 0.836. The molecule has 0 radical (unpaired) electrons. The van der Waals surface area contributed by atoms with Gasteiger partial charge in [0.2, 0.25) is 0 Å². The molecule has 1 heterocycles. The quantitative estimate of drug-likeness (QED) is 0.365. The molecular formula is C5H5NNaO3P. The van der Waals surface area contributed by atoms with Crippen molar-refractivity contribution < 1.29 is 43.5 Å². The first-order valence-corrected chi connectivity index (χ1v) is 3.80. The molecule has 11 heavy (non-hydrogen) atoms. The molecule has 0 aliphatic heterocycles. The molecule has 0 spiro atoms. The second-order valence-corrected chi connectivity index (χ2v) is 2.24. The van der Waals surface area contributed by atoms with Crippen molar-refractivity contribution in [3.8, 4) is 5.75 Å². The molecule has 1 atom stereocenters. The van der Waals surface area contributed by atoms with E-state index in [1.807, 2.05) is 0 Å². The third kappa shape index (κ3) is 4.56. The summed E-state index contributed by atoms with van der Waals surface area (Å²) < 4.78 is 14.3. The summed E-state index contributed by atoms with van der Waals surface area (Å²) in [7, 11) is -3.13. The van der Waals surface area contributed by atoms with Crippen molar-refractivity contribution in [1.29, 1.82) is 0 Å². The van der Waals surface area contributed by atoms with Gasteiger partial charge in [0.05, 0.1) is 6.20 Å². The zero-order valence-electron chi connectivity index (χ0n) is 5.98. The summed E-state index contributed by atoms with van der Waals surface area (Å²) in [6, 6.07) is 3.12. The van der Waals surface area contributed by atoms with Crippen LogP contribution in [0, 0.1) is 0 Å². The molecule has 0 aliphatic rings. The van der Waals surface area contributed by atoms with Crippen molar-refractivity contribution >= 4 is 8.25 Å². The maximum absolute atomic E-state index is 9.99. The van der Waals surface area contributed by atoms with Crippen LogP contribution in [0.1, 0.15) is 0 Å². The first kappa shape index (κ1) is 11.1. The molecule has 0 aromatic carbocycles. The van der Waals surface area contributed by atoms with E-state index >= 15 is 0 Å². The Kier molecular flexibility index (Phi) is 5.82. The minimum absolute atomic E-state index is 0. The van der Waals surface area contributed by atoms with Gasteiger partial charge in [-0.05, 0) is 12.1 Å². The van der Waals surface area contributed by atoms with E-state index in [0.29, 0.717) is 0 Å². The molecule has 0 saturated carbocycles. The molecule has 0 fully saturated rings. The Morgan fingerprint density at radius 1 is 1.64 bits per heavy atom. The fourth-order valence-corrected chi connectivity index (χ4v) is 0.817. The Hall–Kier alpha value is 0.140. The van der Waals surface area contributed by atoms with Crippen molar-refractivity contribution in [2.24, 2.45) is 0 Å². The molecule has 0 amide bonds. The molecule has 1 aromatic heterocycles. The largest absolute Gasteiger partial charge is 1.00 e. The minimum Gasteiger partial charge on any atom is -0.771 e. The number of rotatable bonds is 2. The van der Waals surface area contributed by atoms with E-state index in [2.05, 4.69) is 9.51 Å². The molecule has 1 aromatic rings. The van der Waals surface area contributed by atoms with E-state index in [0.717, 1.165) is 0 Å². The zero-order valence-corrected chi connectivity index (χ0v) is 8.98. The first-order valence-electron chi connectivity index (χ1n) is 2.58. The molecule has 1 unspecified atom stereocenters. The number of hydrogen-bond donors (Lipinski definition) is 0. The molecule has 0 N–H and O–H groups in total. The van der Waals surface area contributed by atoms with Gasteiger partial charge >= 0.3 is 29.6 Å². The van der Waals surface area contributed by atoms with Crippen LogP contribution in [0.15, 0.2) is 24.5 Å². The van der Waals surface area contributed by atoms with E-state index in [1.54, 1.807) is 6.07 Å². The van der Waals surface area contributed by atoms with E-state index in [-0.39, 0.29) is 35.3 Å². The third-order valence-corrected chi connectivity index (χ3v) is 1.24. The maximum atomic E-state index is 9.99. The summed E-state index contributed by atoms with van der Waals surface area (Å²) in [6.45, 7) is 0. The van der Waals surface area contributed by atoms with Crippen molar-refractivity contribution in [3.05, 3.63) is 24.5 Å². The zero-order chi connectivity index (χ0) is 7.40. The molecule has 0 bridgehead atoms. The van der Waals surface area contributed by atoms with Crippen molar-refractivity contribution in [2.75, 3.05) is 0 Å². The summed E-state index contributed by atoms with van der Waals surface area (Å²) >= 11 is 0. The number of nitrogens with zero attached hydrogens (tertiary/aromatic N) is 1. The number of aromatic nitrogens is 1. The maximum Gasteiger partial charge on any atom is 1.00 e. The predicted molar refractivity (Wildman–Crippen MR) is 33.9 cm³/mol. The molecule has 54 valence electrons. The topological polar surface area (TPSA) is 62.2 Å². The number of hydrogen-bond acceptors (Lipinski definition) is 4. The van der Waals surface area contributed by atoms with E-state index in [4.69, 9.17) is 0 Å². The molecule has 0 saturated heterocycles. The second kappa shape index (κ2) is 5.75. The van der Waals surface area contributed by atoms with Crippen molar-refractivity contribution in [2.45, 2.75) is 0 Å². The molecule has 1 rings (SSSR count). The standard InChI is InChI=1S/C5H6NO3P.Na/c7-10(8)9-5-2-1-3-6-4-5;/h1-4,10H,(H,7,8);/q;+1/p-1. The van der Waals surface area contributed by atoms with Gasteiger partial charge in [-0.3, -0.25) is 9.55 Å². The summed E-state index contributed by atoms with van der Waals surface area (Å²) in [5.41, 5.74) is 0. The summed E-state index contributed by atoms with van der Waals surface area (Å²) in [5.74, 6) is 0.251. The van der Waals surface area contributed by atoms with Crippen molar-refractivity contribution in [3.63, 3.8) is 0 Å². The Morgan fingerprint density at radius 2 is 2.36 bits per heavy atom. The van der Waals surface area contributed by atoms with Gasteiger partial charge in [0.1, 0.15) is 5.75 Å². The normalized spacial score (nSPS) is 11.4. The summed E-state index contributed by atoms with van der Waals surface area (Å²) in [4.78, 5) is 13.6. The number of pyridine rings is 1. The fraction of sp³-hybridized carbons (Fsp3) is 0. The smallest absolute Gasteiger partial charge is 0.771 e. The predicted octanol–water partition coefficient (Wildman–Crippen LogP) is -2.79. The van der Waals surface area contributed by atoms with Crippen LogP contribution in [0.4, 0.5) is 0 Å². The molecule has 0 aliphatic carbocycles. The molecular weight excluding hydrogens is 176 g/mol. The van der Waals surface area contributed by atoms with Crippen LogP contribution < -0.4 is 39.0 Å². The van der Waals surface area contributed by atoms with Gasteiger partial charge in [-0.1, -0.05) is 0 Å². The van der Waals surface area contributed by atoms with Crippen LogP contribution in [-0.4, -0.2) is 4.98 Å².